The Morgan fingerprint density at radius 1 is 1.43 bits per heavy atom. The zero-order valence-electron chi connectivity index (χ0n) is 11.9. The molecule has 1 aromatic heterocycles. The van der Waals surface area contributed by atoms with E-state index in [0.717, 1.165) is 6.42 Å². The molecule has 10 heteroatoms. The molecular weight excluding hydrogens is 362 g/mol. The summed E-state index contributed by atoms with van der Waals surface area (Å²) in [7, 11) is -2.02. The molecule has 0 aliphatic carbocycles. The van der Waals surface area contributed by atoms with Crippen LogP contribution in [0.2, 0.25) is 0 Å². The smallest absolute Gasteiger partial charge is 0.263 e. The summed E-state index contributed by atoms with van der Waals surface area (Å²) in [4.78, 5) is 0. The predicted molar refractivity (Wildman–Crippen MR) is 80.1 cm³/mol. The quantitative estimate of drug-likeness (QED) is 0.700. The number of ether oxygens (including phenoxy) is 1. The molecule has 8 nitrogen and oxygen atoms in total. The maximum atomic E-state index is 12.6. The molecule has 1 aromatic rings. The molecule has 1 aliphatic rings. The number of sulfonamides is 1. The van der Waals surface area contributed by atoms with Gasteiger partial charge in [-0.2, -0.15) is 4.31 Å². The molecule has 120 valence electrons. The average molecular weight is 382 g/mol. The van der Waals surface area contributed by atoms with Crippen molar-refractivity contribution in [3.63, 3.8) is 0 Å². The van der Waals surface area contributed by atoms with Crippen molar-refractivity contribution in [2.24, 2.45) is 12.8 Å². The van der Waals surface area contributed by atoms with Gasteiger partial charge in [0.25, 0.3) is 10.0 Å². The first kappa shape index (κ1) is 16.8. The van der Waals surface area contributed by atoms with Crippen LogP contribution in [0.15, 0.2) is 9.63 Å². The molecule has 2 heterocycles. The molecule has 0 bridgehead atoms. The van der Waals surface area contributed by atoms with Gasteiger partial charge in [-0.1, -0.05) is 5.21 Å². The number of nitrogens with two attached hydrogens (primary N) is 1. The summed E-state index contributed by atoms with van der Waals surface area (Å²) in [6.07, 6.45) is 2.31. The van der Waals surface area contributed by atoms with Gasteiger partial charge in [0, 0.05) is 26.7 Å². The first-order chi connectivity index (χ1) is 9.96. The van der Waals surface area contributed by atoms with E-state index < -0.39 is 10.0 Å². The Kier molecular flexibility index (Phi) is 5.72. The lowest BCUT2D eigenvalue weighted by Crippen LogP contribution is -2.41. The van der Waals surface area contributed by atoms with Gasteiger partial charge in [-0.15, -0.1) is 5.10 Å². The molecule has 2 N–H and O–H groups in total. The molecule has 0 unspecified atom stereocenters. The van der Waals surface area contributed by atoms with E-state index in [1.54, 1.807) is 7.05 Å². The third kappa shape index (κ3) is 3.81. The van der Waals surface area contributed by atoms with E-state index in [1.807, 2.05) is 0 Å². The van der Waals surface area contributed by atoms with Gasteiger partial charge in [-0.05, 0) is 41.7 Å². The molecule has 0 aromatic carbocycles. The summed E-state index contributed by atoms with van der Waals surface area (Å²) in [6.45, 7) is 2.11. The van der Waals surface area contributed by atoms with E-state index in [-0.39, 0.29) is 15.7 Å². The molecule has 0 atom stereocenters. The van der Waals surface area contributed by atoms with Gasteiger partial charge < -0.3 is 10.5 Å². The molecule has 1 saturated heterocycles. The van der Waals surface area contributed by atoms with Crippen LogP contribution in [-0.2, 0) is 21.8 Å². The van der Waals surface area contributed by atoms with Crippen molar-refractivity contribution in [3.05, 3.63) is 4.60 Å². The van der Waals surface area contributed by atoms with E-state index in [1.165, 1.54) is 8.99 Å². The zero-order valence-corrected chi connectivity index (χ0v) is 14.3. The second-order valence-electron chi connectivity index (χ2n) is 4.93. The normalized spacial score (nSPS) is 18.2. The molecule has 0 amide bonds. The average Bonchev–Trinajstić information content (AvgIpc) is 2.79. The molecule has 0 saturated carbocycles. The van der Waals surface area contributed by atoms with Crippen LogP contribution in [0.3, 0.4) is 0 Å². The minimum atomic E-state index is -3.58. The van der Waals surface area contributed by atoms with E-state index in [2.05, 4.69) is 26.2 Å². The van der Waals surface area contributed by atoms with Crippen LogP contribution in [-0.4, -0.2) is 60.1 Å². The lowest BCUT2D eigenvalue weighted by atomic mass is 10.1. The largest absolute Gasteiger partial charge is 0.378 e. The number of hydrogen-bond acceptors (Lipinski definition) is 6. The fourth-order valence-electron chi connectivity index (χ4n) is 2.29. The molecule has 2 rings (SSSR count). The Morgan fingerprint density at radius 2 is 2.10 bits per heavy atom. The van der Waals surface area contributed by atoms with Gasteiger partial charge in [0.05, 0.1) is 6.10 Å². The molecular formula is C11H20BrN5O3S. The number of hydrogen-bond donors (Lipinski definition) is 1. The van der Waals surface area contributed by atoms with Crippen molar-refractivity contribution in [3.8, 4) is 0 Å². The SMILES string of the molecule is Cn1nnc(Br)c1S(=O)(=O)N1CCC(OCCCN)CC1. The van der Waals surface area contributed by atoms with Crippen molar-refractivity contribution < 1.29 is 13.2 Å². The number of aromatic nitrogens is 3. The van der Waals surface area contributed by atoms with Gasteiger partial charge in [0.15, 0.2) is 4.60 Å². The van der Waals surface area contributed by atoms with E-state index in [9.17, 15) is 8.42 Å². The topological polar surface area (TPSA) is 103 Å². The summed E-state index contributed by atoms with van der Waals surface area (Å²) in [6, 6.07) is 0. The van der Waals surface area contributed by atoms with Gasteiger partial charge in [0.1, 0.15) is 0 Å². The Labute approximate surface area is 132 Å². The molecule has 1 fully saturated rings. The first-order valence-electron chi connectivity index (χ1n) is 6.84. The summed E-state index contributed by atoms with van der Waals surface area (Å²) >= 11 is 3.14. The maximum absolute atomic E-state index is 12.6. The van der Waals surface area contributed by atoms with Gasteiger partial charge in [0.2, 0.25) is 5.03 Å². The van der Waals surface area contributed by atoms with Crippen molar-refractivity contribution in [2.45, 2.75) is 30.4 Å². The van der Waals surface area contributed by atoms with Gasteiger partial charge >= 0.3 is 0 Å². The maximum Gasteiger partial charge on any atom is 0.263 e. The third-order valence-corrected chi connectivity index (χ3v) is 6.21. The van der Waals surface area contributed by atoms with Crippen LogP contribution in [0.5, 0.6) is 0 Å². The summed E-state index contributed by atoms with van der Waals surface area (Å²) in [5.41, 5.74) is 5.42. The van der Waals surface area contributed by atoms with E-state index in [0.29, 0.717) is 39.1 Å². The molecule has 0 spiro atoms. The fraction of sp³-hybridized carbons (Fsp3) is 0.818. The lowest BCUT2D eigenvalue weighted by molar-refractivity contribution is 0.0208. The highest BCUT2D eigenvalue weighted by Crippen LogP contribution is 2.25. The number of nitrogens with zero attached hydrogens (tertiary/aromatic N) is 4. The zero-order chi connectivity index (χ0) is 15.5. The van der Waals surface area contributed by atoms with Crippen molar-refractivity contribution in [2.75, 3.05) is 26.2 Å². The van der Waals surface area contributed by atoms with Crippen molar-refractivity contribution in [1.29, 1.82) is 0 Å². The lowest BCUT2D eigenvalue weighted by Gasteiger charge is -2.30. The first-order valence-corrected chi connectivity index (χ1v) is 9.07. The molecule has 21 heavy (non-hydrogen) atoms. The van der Waals surface area contributed by atoms with Crippen molar-refractivity contribution >= 4 is 26.0 Å². The third-order valence-electron chi connectivity index (χ3n) is 3.42. The van der Waals surface area contributed by atoms with Crippen LogP contribution in [0.4, 0.5) is 0 Å². The second-order valence-corrected chi connectivity index (χ2v) is 7.53. The Morgan fingerprint density at radius 3 is 2.62 bits per heavy atom. The van der Waals surface area contributed by atoms with Crippen molar-refractivity contribution in [1.82, 2.24) is 19.3 Å². The van der Waals surface area contributed by atoms with Crippen LogP contribution < -0.4 is 5.73 Å². The molecule has 1 aliphatic heterocycles. The number of halogens is 1. The Hall–Kier alpha value is -0.550. The van der Waals surface area contributed by atoms with Crippen LogP contribution in [0.1, 0.15) is 19.3 Å². The van der Waals surface area contributed by atoms with E-state index in [4.69, 9.17) is 10.5 Å². The van der Waals surface area contributed by atoms with E-state index >= 15 is 0 Å². The molecule has 0 radical (unpaired) electrons. The summed E-state index contributed by atoms with van der Waals surface area (Å²) < 4.78 is 33.8. The number of rotatable bonds is 6. The van der Waals surface area contributed by atoms with Crippen LogP contribution in [0.25, 0.3) is 0 Å². The highest BCUT2D eigenvalue weighted by molar-refractivity contribution is 9.10. The predicted octanol–water partition coefficient (Wildman–Crippen LogP) is 0.0961. The monoisotopic (exact) mass is 381 g/mol. The Balaban J connectivity index is 1.98. The van der Waals surface area contributed by atoms with Gasteiger partial charge in [-0.3, -0.25) is 0 Å². The van der Waals surface area contributed by atoms with Gasteiger partial charge in [-0.25, -0.2) is 13.1 Å². The summed E-state index contributed by atoms with van der Waals surface area (Å²) in [5.74, 6) is 0. The number of aryl methyl sites for hydroxylation is 1. The minimum absolute atomic E-state index is 0.0880. The highest BCUT2D eigenvalue weighted by atomic mass is 79.9. The van der Waals surface area contributed by atoms with Crippen LogP contribution >= 0.6 is 15.9 Å². The number of piperidine rings is 1. The fourth-order valence-corrected chi connectivity index (χ4v) is 4.79. The minimum Gasteiger partial charge on any atom is -0.378 e. The highest BCUT2D eigenvalue weighted by Gasteiger charge is 2.33. The standard InChI is InChI=1S/C11H20BrN5O3S/c1-16-11(10(12)14-15-16)21(18,19)17-6-3-9(4-7-17)20-8-2-5-13/h9H,2-8,13H2,1H3. The summed E-state index contributed by atoms with van der Waals surface area (Å²) in [5, 5.41) is 7.54. The Bertz CT molecular complexity index is 549. The second kappa shape index (κ2) is 7.14. The van der Waals surface area contributed by atoms with Crippen LogP contribution in [0, 0.1) is 0 Å².